The maximum atomic E-state index is 12.8. The van der Waals surface area contributed by atoms with Gasteiger partial charge in [0.25, 0.3) is 0 Å². The Kier molecular flexibility index (Phi) is 5.63. The van der Waals surface area contributed by atoms with Crippen molar-refractivity contribution >= 4 is 32.7 Å². The van der Waals surface area contributed by atoms with Crippen molar-refractivity contribution in [3.8, 4) is 11.8 Å². The number of nitriles is 1. The van der Waals surface area contributed by atoms with E-state index in [-0.39, 0.29) is 29.8 Å². The number of amides is 1. The van der Waals surface area contributed by atoms with Crippen LogP contribution in [0.1, 0.15) is 18.4 Å². The zero-order valence-corrected chi connectivity index (χ0v) is 17.6. The van der Waals surface area contributed by atoms with Crippen LogP contribution in [0.2, 0.25) is 0 Å². The molecule has 0 spiro atoms. The van der Waals surface area contributed by atoms with Gasteiger partial charge in [-0.05, 0) is 55.3 Å². The fourth-order valence-electron chi connectivity index (χ4n) is 3.64. The minimum absolute atomic E-state index is 0.145. The highest BCUT2D eigenvalue weighted by molar-refractivity contribution is 7.89. The Balaban J connectivity index is 1.41. The van der Waals surface area contributed by atoms with E-state index in [1.54, 1.807) is 19.2 Å². The molecule has 1 amide bonds. The number of nitrogens with one attached hydrogen (secondary N) is 2. The molecule has 160 valence electrons. The average Bonchev–Trinajstić information content (AvgIpc) is 3.20. The molecule has 0 aliphatic carbocycles. The van der Waals surface area contributed by atoms with E-state index in [9.17, 15) is 13.2 Å². The third-order valence-electron chi connectivity index (χ3n) is 5.46. The van der Waals surface area contributed by atoms with Gasteiger partial charge in [0.1, 0.15) is 5.75 Å². The van der Waals surface area contributed by atoms with Gasteiger partial charge in [-0.1, -0.05) is 0 Å². The fraction of sp³-hybridized carbons (Fsp3) is 0.286. The molecule has 2 aromatic carbocycles. The van der Waals surface area contributed by atoms with Crippen molar-refractivity contribution in [1.82, 2.24) is 14.5 Å². The molecular weight excluding hydrogens is 418 g/mol. The molecule has 1 aromatic heterocycles. The summed E-state index contributed by atoms with van der Waals surface area (Å²) in [5.41, 5.74) is 1.18. The van der Waals surface area contributed by atoms with Gasteiger partial charge in [0.05, 0.1) is 29.2 Å². The number of benzene rings is 2. The highest BCUT2D eigenvalue weighted by atomic mass is 32.2. The van der Waals surface area contributed by atoms with E-state index in [1.807, 2.05) is 12.1 Å². The van der Waals surface area contributed by atoms with Gasteiger partial charge in [-0.15, -0.1) is 0 Å². The lowest BCUT2D eigenvalue weighted by Crippen LogP contribution is -2.41. The van der Waals surface area contributed by atoms with Gasteiger partial charge < -0.3 is 10.1 Å². The second-order valence-corrected chi connectivity index (χ2v) is 9.23. The number of hydrogen-bond donors (Lipinski definition) is 2. The number of hydrogen-bond acceptors (Lipinski definition) is 6. The molecule has 2 N–H and O–H groups in total. The Morgan fingerprint density at radius 2 is 1.94 bits per heavy atom. The van der Waals surface area contributed by atoms with Crippen LogP contribution in [-0.4, -0.2) is 49.0 Å². The van der Waals surface area contributed by atoms with Crippen LogP contribution in [-0.2, 0) is 14.8 Å². The van der Waals surface area contributed by atoms with E-state index in [0.29, 0.717) is 30.0 Å². The van der Waals surface area contributed by atoms with Crippen LogP contribution in [0.15, 0.2) is 47.4 Å². The van der Waals surface area contributed by atoms with Crippen molar-refractivity contribution < 1.29 is 17.9 Å². The van der Waals surface area contributed by atoms with E-state index in [0.717, 1.165) is 10.9 Å². The second kappa shape index (κ2) is 8.37. The first-order chi connectivity index (χ1) is 14.9. The topological polar surface area (TPSA) is 128 Å². The third-order valence-corrected chi connectivity index (χ3v) is 7.37. The van der Waals surface area contributed by atoms with Gasteiger partial charge in [-0.2, -0.15) is 14.7 Å². The summed E-state index contributed by atoms with van der Waals surface area (Å²) in [5.74, 6) is 0.577. The van der Waals surface area contributed by atoms with E-state index in [1.165, 1.54) is 28.6 Å². The number of aromatic nitrogens is 2. The Hall–Kier alpha value is -3.42. The zero-order valence-electron chi connectivity index (χ0n) is 16.8. The first-order valence-corrected chi connectivity index (χ1v) is 11.2. The van der Waals surface area contributed by atoms with E-state index in [4.69, 9.17) is 10.00 Å². The van der Waals surface area contributed by atoms with Gasteiger partial charge in [-0.25, -0.2) is 8.42 Å². The number of ether oxygens (including phenoxy) is 1. The Bertz CT molecular complexity index is 1250. The highest BCUT2D eigenvalue weighted by Gasteiger charge is 2.32. The lowest BCUT2D eigenvalue weighted by molar-refractivity contribution is -0.120. The summed E-state index contributed by atoms with van der Waals surface area (Å²) in [4.78, 5) is 12.9. The lowest BCUT2D eigenvalue weighted by atomic mass is 9.97. The number of carbonyl (C=O) groups excluding carboxylic acids is 1. The van der Waals surface area contributed by atoms with E-state index in [2.05, 4.69) is 15.5 Å². The minimum Gasteiger partial charge on any atom is -0.497 e. The smallest absolute Gasteiger partial charge is 0.243 e. The summed E-state index contributed by atoms with van der Waals surface area (Å²) in [7, 11) is -2.09. The molecule has 31 heavy (non-hydrogen) atoms. The number of aromatic amines is 1. The number of H-pyrrole nitrogens is 1. The minimum atomic E-state index is -3.66. The lowest BCUT2D eigenvalue weighted by Gasteiger charge is -2.30. The summed E-state index contributed by atoms with van der Waals surface area (Å²) in [6.45, 7) is 0.491. The predicted octanol–water partition coefficient (Wildman–Crippen LogP) is 2.48. The second-order valence-electron chi connectivity index (χ2n) is 7.29. The van der Waals surface area contributed by atoms with Gasteiger partial charge in [-0.3, -0.25) is 9.89 Å². The van der Waals surface area contributed by atoms with Crippen molar-refractivity contribution in [1.29, 1.82) is 5.26 Å². The molecule has 0 bridgehead atoms. The Morgan fingerprint density at radius 1 is 1.23 bits per heavy atom. The van der Waals surface area contributed by atoms with Crippen molar-refractivity contribution in [2.45, 2.75) is 17.7 Å². The summed E-state index contributed by atoms with van der Waals surface area (Å²) < 4.78 is 32.3. The summed E-state index contributed by atoms with van der Waals surface area (Å²) in [5, 5.41) is 19.5. The molecule has 3 aromatic rings. The van der Waals surface area contributed by atoms with E-state index >= 15 is 0 Å². The maximum Gasteiger partial charge on any atom is 0.243 e. The normalized spacial score (nSPS) is 15.5. The van der Waals surface area contributed by atoms with Gasteiger partial charge in [0.15, 0.2) is 5.82 Å². The number of fused-ring (bicyclic) bond motifs is 1. The Labute approximate surface area is 179 Å². The molecule has 9 nitrogen and oxygen atoms in total. The molecular formula is C21H21N5O4S. The van der Waals surface area contributed by atoms with Crippen LogP contribution in [0.4, 0.5) is 5.82 Å². The molecule has 10 heteroatoms. The predicted molar refractivity (Wildman–Crippen MR) is 114 cm³/mol. The molecule has 1 fully saturated rings. The molecule has 1 aliphatic heterocycles. The molecule has 0 saturated carbocycles. The number of methoxy groups -OCH3 is 1. The number of nitrogens with zero attached hydrogens (tertiary/aromatic N) is 3. The third kappa shape index (κ3) is 4.10. The zero-order chi connectivity index (χ0) is 22.0. The van der Waals surface area contributed by atoms with E-state index < -0.39 is 10.0 Å². The van der Waals surface area contributed by atoms with Crippen molar-refractivity contribution in [3.63, 3.8) is 0 Å². The number of rotatable bonds is 5. The number of anilines is 1. The molecule has 0 atom stereocenters. The molecule has 0 radical (unpaired) electrons. The summed E-state index contributed by atoms with van der Waals surface area (Å²) in [6, 6.07) is 13.2. The average molecular weight is 439 g/mol. The van der Waals surface area contributed by atoms with Crippen LogP contribution in [0, 0.1) is 17.2 Å². The maximum absolute atomic E-state index is 12.8. The van der Waals surface area contributed by atoms with Crippen molar-refractivity contribution in [2.75, 3.05) is 25.5 Å². The molecule has 2 heterocycles. The quantitative estimate of drug-likeness (QED) is 0.629. The number of piperidine rings is 1. The Morgan fingerprint density at radius 3 is 2.58 bits per heavy atom. The fourth-order valence-corrected chi connectivity index (χ4v) is 5.11. The summed E-state index contributed by atoms with van der Waals surface area (Å²) >= 11 is 0. The number of sulfonamides is 1. The van der Waals surface area contributed by atoms with Crippen molar-refractivity contribution in [3.05, 3.63) is 48.0 Å². The van der Waals surface area contributed by atoms with Crippen LogP contribution in [0.3, 0.4) is 0 Å². The van der Waals surface area contributed by atoms with Crippen LogP contribution < -0.4 is 10.1 Å². The largest absolute Gasteiger partial charge is 0.497 e. The van der Waals surface area contributed by atoms with Gasteiger partial charge in [0, 0.05) is 24.4 Å². The molecule has 0 unspecified atom stereocenters. The monoisotopic (exact) mass is 439 g/mol. The molecule has 1 saturated heterocycles. The van der Waals surface area contributed by atoms with Crippen LogP contribution in [0.5, 0.6) is 5.75 Å². The standard InChI is InChI=1S/C21H21N5O4S/c1-30-16-4-7-19-18(12-16)20(25-24-19)23-21(27)15-8-10-26(11-9-15)31(28,29)17-5-2-14(13-22)3-6-17/h2-7,12,15H,8-11H2,1H3,(H2,23,24,25,27). The van der Waals surface area contributed by atoms with Crippen molar-refractivity contribution in [2.24, 2.45) is 5.92 Å². The SMILES string of the molecule is COc1ccc2[nH]nc(NC(=O)C3CCN(S(=O)(=O)c4ccc(C#N)cc4)CC3)c2c1. The first kappa shape index (κ1) is 20.8. The van der Waals surface area contributed by atoms with Gasteiger partial charge in [0.2, 0.25) is 15.9 Å². The number of carbonyl (C=O) groups is 1. The van der Waals surface area contributed by atoms with Crippen LogP contribution >= 0.6 is 0 Å². The van der Waals surface area contributed by atoms with Gasteiger partial charge >= 0.3 is 0 Å². The highest BCUT2D eigenvalue weighted by Crippen LogP contribution is 2.28. The summed E-state index contributed by atoms with van der Waals surface area (Å²) in [6.07, 6.45) is 0.819. The first-order valence-electron chi connectivity index (χ1n) is 9.75. The molecule has 1 aliphatic rings. The van der Waals surface area contributed by atoms with Crippen LogP contribution in [0.25, 0.3) is 10.9 Å². The molecule has 4 rings (SSSR count).